The molecule has 0 atom stereocenters. The van der Waals surface area contributed by atoms with E-state index in [1.165, 1.54) is 48.8 Å². The number of nitrogens with one attached hydrogen (secondary N) is 2. The second kappa shape index (κ2) is 11.5. The van der Waals surface area contributed by atoms with Crippen molar-refractivity contribution in [1.29, 1.82) is 0 Å². The quantitative estimate of drug-likeness (QED) is 0.335. The number of carbonyl (C=O) groups excluding carboxylic acids is 2. The molecule has 160 valence electrons. The van der Waals surface area contributed by atoms with Crippen molar-refractivity contribution in [1.82, 2.24) is 10.9 Å². The summed E-state index contributed by atoms with van der Waals surface area (Å²) in [5.74, 6) is -0.843. The van der Waals surface area contributed by atoms with Gasteiger partial charge in [-0.2, -0.15) is 10.2 Å². The first-order chi connectivity index (χ1) is 14.8. The van der Waals surface area contributed by atoms with E-state index in [9.17, 15) is 29.8 Å². The molecule has 0 fully saturated rings. The van der Waals surface area contributed by atoms with Crippen LogP contribution in [0.4, 0.5) is 11.4 Å². The summed E-state index contributed by atoms with van der Waals surface area (Å²) < 4.78 is 0. The summed E-state index contributed by atoms with van der Waals surface area (Å²) in [5.41, 5.74) is 5.29. The standard InChI is InChI=1S/C19H18N6O6/c26-18(22-20-12-14-4-1-6-16(10-14)24(28)29)8-3-9-19(27)23-21-13-15-5-2-7-17(11-15)25(30)31/h1-2,4-7,10-13H,3,8-9H2,(H,22,26)(H,23,27)/b20-12-,21-13+. The molecule has 0 aliphatic heterocycles. The first-order valence-electron chi connectivity index (χ1n) is 8.98. The smallest absolute Gasteiger partial charge is 0.270 e. The monoisotopic (exact) mass is 426 g/mol. The summed E-state index contributed by atoms with van der Waals surface area (Å²) in [4.78, 5) is 43.8. The molecule has 0 bridgehead atoms. The van der Waals surface area contributed by atoms with E-state index in [1.54, 1.807) is 12.1 Å². The molecule has 31 heavy (non-hydrogen) atoms. The Labute approximate surface area is 176 Å². The molecule has 0 saturated carbocycles. The normalized spacial score (nSPS) is 10.8. The molecule has 2 amide bonds. The lowest BCUT2D eigenvalue weighted by molar-refractivity contribution is -0.385. The zero-order valence-corrected chi connectivity index (χ0v) is 16.1. The second-order valence-electron chi connectivity index (χ2n) is 6.14. The third-order valence-electron chi connectivity index (χ3n) is 3.78. The van der Waals surface area contributed by atoms with Crippen LogP contribution in [0.15, 0.2) is 58.7 Å². The molecule has 0 unspecified atom stereocenters. The first-order valence-corrected chi connectivity index (χ1v) is 8.98. The van der Waals surface area contributed by atoms with Gasteiger partial charge in [0.1, 0.15) is 0 Å². The lowest BCUT2D eigenvalue weighted by Gasteiger charge is -2.01. The fraction of sp³-hybridized carbons (Fsp3) is 0.158. The Hall–Kier alpha value is -4.48. The molecule has 0 aliphatic carbocycles. The molecule has 0 aliphatic rings. The lowest BCUT2D eigenvalue weighted by atomic mass is 10.2. The number of hydrazone groups is 2. The van der Waals surface area contributed by atoms with Crippen molar-refractivity contribution in [2.45, 2.75) is 19.3 Å². The van der Waals surface area contributed by atoms with Crippen LogP contribution in [-0.4, -0.2) is 34.1 Å². The Morgan fingerprint density at radius 3 is 1.61 bits per heavy atom. The van der Waals surface area contributed by atoms with Crippen LogP contribution in [0.25, 0.3) is 0 Å². The van der Waals surface area contributed by atoms with Gasteiger partial charge in [-0.15, -0.1) is 0 Å². The minimum atomic E-state index is -0.533. The largest absolute Gasteiger partial charge is 0.273 e. The van der Waals surface area contributed by atoms with Gasteiger partial charge in [-0.05, 0) is 6.42 Å². The Morgan fingerprint density at radius 2 is 1.23 bits per heavy atom. The molecular formula is C19H18N6O6. The summed E-state index contributed by atoms with van der Waals surface area (Å²) in [6, 6.07) is 11.5. The Balaban J connectivity index is 1.69. The maximum Gasteiger partial charge on any atom is 0.270 e. The van der Waals surface area contributed by atoms with E-state index >= 15 is 0 Å². The Kier molecular flexibility index (Phi) is 8.46. The van der Waals surface area contributed by atoms with Crippen molar-refractivity contribution < 1.29 is 19.4 Å². The van der Waals surface area contributed by atoms with Gasteiger partial charge < -0.3 is 0 Å². The summed E-state index contributed by atoms with van der Waals surface area (Å²) in [6.45, 7) is 0. The fourth-order valence-corrected chi connectivity index (χ4v) is 2.32. The van der Waals surface area contributed by atoms with Gasteiger partial charge in [0, 0.05) is 48.2 Å². The average Bonchev–Trinajstić information content (AvgIpc) is 2.74. The predicted octanol–water partition coefficient (Wildman–Crippen LogP) is 2.27. The van der Waals surface area contributed by atoms with Crippen molar-refractivity contribution in [3.05, 3.63) is 79.9 Å². The maximum absolute atomic E-state index is 11.7. The SMILES string of the molecule is O=C(CCCC(=O)N/N=C/c1cccc([N+](=O)[O-])c1)N/N=C\c1cccc([N+](=O)[O-])c1. The number of rotatable bonds is 10. The molecule has 12 nitrogen and oxygen atoms in total. The van der Waals surface area contributed by atoms with Gasteiger partial charge in [0.05, 0.1) is 22.3 Å². The summed E-state index contributed by atoms with van der Waals surface area (Å²) in [5, 5.41) is 28.9. The van der Waals surface area contributed by atoms with Gasteiger partial charge in [0.15, 0.2) is 0 Å². The number of nitro groups is 2. The maximum atomic E-state index is 11.7. The number of hydrogen-bond acceptors (Lipinski definition) is 8. The van der Waals surface area contributed by atoms with Gasteiger partial charge in [-0.1, -0.05) is 24.3 Å². The van der Waals surface area contributed by atoms with E-state index in [0.29, 0.717) is 11.1 Å². The number of non-ortho nitro benzene ring substituents is 2. The van der Waals surface area contributed by atoms with Crippen LogP contribution in [-0.2, 0) is 9.59 Å². The van der Waals surface area contributed by atoms with Crippen LogP contribution in [0, 0.1) is 20.2 Å². The topological polar surface area (TPSA) is 169 Å². The third-order valence-corrected chi connectivity index (χ3v) is 3.78. The molecule has 2 aromatic rings. The zero-order chi connectivity index (χ0) is 22.6. The number of nitro benzene ring substituents is 2. The van der Waals surface area contributed by atoms with Crippen LogP contribution in [0.5, 0.6) is 0 Å². The predicted molar refractivity (Wildman–Crippen MR) is 112 cm³/mol. The van der Waals surface area contributed by atoms with Crippen molar-refractivity contribution in [2.24, 2.45) is 10.2 Å². The van der Waals surface area contributed by atoms with Gasteiger partial charge in [-0.25, -0.2) is 10.9 Å². The summed E-state index contributed by atoms with van der Waals surface area (Å²) in [7, 11) is 0. The van der Waals surface area contributed by atoms with E-state index in [2.05, 4.69) is 21.1 Å². The number of benzene rings is 2. The molecule has 2 aromatic carbocycles. The summed E-state index contributed by atoms with van der Waals surface area (Å²) in [6.07, 6.45) is 2.87. The van der Waals surface area contributed by atoms with Crippen LogP contribution in [0.1, 0.15) is 30.4 Å². The van der Waals surface area contributed by atoms with E-state index in [-0.39, 0.29) is 30.6 Å². The Bertz CT molecular complexity index is 955. The van der Waals surface area contributed by atoms with E-state index in [4.69, 9.17) is 0 Å². The van der Waals surface area contributed by atoms with Gasteiger partial charge in [0.25, 0.3) is 11.4 Å². The second-order valence-corrected chi connectivity index (χ2v) is 6.14. The van der Waals surface area contributed by atoms with E-state index in [0.717, 1.165) is 0 Å². The van der Waals surface area contributed by atoms with Crippen LogP contribution < -0.4 is 10.9 Å². The summed E-state index contributed by atoms with van der Waals surface area (Å²) >= 11 is 0. The molecule has 12 heteroatoms. The molecular weight excluding hydrogens is 408 g/mol. The van der Waals surface area contributed by atoms with Gasteiger partial charge >= 0.3 is 0 Å². The van der Waals surface area contributed by atoms with E-state index in [1.807, 2.05) is 0 Å². The van der Waals surface area contributed by atoms with Crippen LogP contribution >= 0.6 is 0 Å². The molecule has 0 spiro atoms. The number of hydrogen-bond donors (Lipinski definition) is 2. The highest BCUT2D eigenvalue weighted by atomic mass is 16.6. The van der Waals surface area contributed by atoms with Crippen molar-refractivity contribution >= 4 is 35.6 Å². The van der Waals surface area contributed by atoms with Crippen molar-refractivity contribution in [3.63, 3.8) is 0 Å². The van der Waals surface area contributed by atoms with Crippen LogP contribution in [0.2, 0.25) is 0 Å². The van der Waals surface area contributed by atoms with Crippen molar-refractivity contribution in [3.8, 4) is 0 Å². The number of amides is 2. The molecule has 2 N–H and O–H groups in total. The molecule has 0 saturated heterocycles. The lowest BCUT2D eigenvalue weighted by Crippen LogP contribution is -2.20. The Morgan fingerprint density at radius 1 is 0.806 bits per heavy atom. The highest BCUT2D eigenvalue weighted by Crippen LogP contribution is 2.12. The van der Waals surface area contributed by atoms with Gasteiger partial charge in [-0.3, -0.25) is 29.8 Å². The molecule has 2 rings (SSSR count). The molecule has 0 aromatic heterocycles. The highest BCUT2D eigenvalue weighted by Gasteiger charge is 2.06. The fourth-order valence-electron chi connectivity index (χ4n) is 2.32. The minimum absolute atomic E-state index is 0.0360. The van der Waals surface area contributed by atoms with Gasteiger partial charge in [0.2, 0.25) is 11.8 Å². The van der Waals surface area contributed by atoms with Crippen LogP contribution in [0.3, 0.4) is 0 Å². The first kappa shape index (κ1) is 22.8. The number of carbonyl (C=O) groups is 2. The minimum Gasteiger partial charge on any atom is -0.273 e. The molecule has 0 heterocycles. The van der Waals surface area contributed by atoms with E-state index < -0.39 is 21.7 Å². The highest BCUT2D eigenvalue weighted by molar-refractivity contribution is 5.84. The molecule has 0 radical (unpaired) electrons. The zero-order valence-electron chi connectivity index (χ0n) is 16.1. The van der Waals surface area contributed by atoms with Crippen molar-refractivity contribution in [2.75, 3.05) is 0 Å². The third kappa shape index (κ3) is 8.19. The average molecular weight is 426 g/mol. The number of nitrogens with zero attached hydrogens (tertiary/aromatic N) is 4.